The molecule has 2 fully saturated rings. The Labute approximate surface area is 115 Å². The van der Waals surface area contributed by atoms with Crippen molar-refractivity contribution < 1.29 is 4.39 Å². The molecule has 1 aromatic carbocycles. The molecule has 2 atom stereocenters. The molecular weight excluding hydrogens is 239 g/mol. The van der Waals surface area contributed by atoms with E-state index in [0.29, 0.717) is 6.04 Å². The fraction of sp³-hybridized carbons (Fsp3) is 0.625. The van der Waals surface area contributed by atoms with Crippen molar-refractivity contribution in [1.29, 1.82) is 0 Å². The Bertz CT molecular complexity index is 456. The van der Waals surface area contributed by atoms with Crippen LogP contribution in [0.15, 0.2) is 18.2 Å². The molecule has 0 radical (unpaired) electrons. The third kappa shape index (κ3) is 3.47. The van der Waals surface area contributed by atoms with E-state index in [9.17, 15) is 4.39 Å². The van der Waals surface area contributed by atoms with Crippen LogP contribution in [0.25, 0.3) is 0 Å². The summed E-state index contributed by atoms with van der Waals surface area (Å²) >= 11 is 0. The van der Waals surface area contributed by atoms with Crippen molar-refractivity contribution in [1.82, 2.24) is 5.32 Å². The van der Waals surface area contributed by atoms with Crippen LogP contribution in [0, 0.1) is 17.7 Å². The van der Waals surface area contributed by atoms with Gasteiger partial charge in [-0.05, 0) is 54.9 Å². The molecule has 3 heteroatoms. The van der Waals surface area contributed by atoms with Crippen molar-refractivity contribution >= 4 is 5.69 Å². The largest absolute Gasteiger partial charge is 0.374 e. The van der Waals surface area contributed by atoms with Gasteiger partial charge in [-0.15, -0.1) is 0 Å². The smallest absolute Gasteiger partial charge is 0.125 e. The molecule has 2 aliphatic carbocycles. The Morgan fingerprint density at radius 2 is 2.05 bits per heavy atom. The van der Waals surface area contributed by atoms with Crippen LogP contribution in [-0.4, -0.2) is 19.6 Å². The molecule has 3 rings (SSSR count). The molecule has 0 heterocycles. The van der Waals surface area contributed by atoms with Crippen LogP contribution < -0.4 is 10.2 Å². The second kappa shape index (κ2) is 5.12. The van der Waals surface area contributed by atoms with Crippen molar-refractivity contribution in [3.05, 3.63) is 29.6 Å². The Morgan fingerprint density at radius 1 is 1.32 bits per heavy atom. The van der Waals surface area contributed by atoms with E-state index in [1.54, 1.807) is 12.1 Å². The highest BCUT2D eigenvalue weighted by atomic mass is 19.1. The molecule has 1 aromatic rings. The quantitative estimate of drug-likeness (QED) is 0.847. The summed E-state index contributed by atoms with van der Waals surface area (Å²) in [5, 5.41) is 3.44. The van der Waals surface area contributed by atoms with E-state index in [1.165, 1.54) is 19.3 Å². The van der Waals surface area contributed by atoms with E-state index in [0.717, 1.165) is 36.2 Å². The molecule has 0 aliphatic heterocycles. The molecule has 0 amide bonds. The molecule has 0 spiro atoms. The van der Waals surface area contributed by atoms with E-state index < -0.39 is 0 Å². The van der Waals surface area contributed by atoms with Crippen LogP contribution in [0.1, 0.15) is 31.7 Å². The zero-order valence-electron chi connectivity index (χ0n) is 11.8. The van der Waals surface area contributed by atoms with Gasteiger partial charge in [-0.25, -0.2) is 4.39 Å². The van der Waals surface area contributed by atoms with E-state index in [4.69, 9.17) is 0 Å². The van der Waals surface area contributed by atoms with Crippen molar-refractivity contribution in [2.75, 3.05) is 18.5 Å². The lowest BCUT2D eigenvalue weighted by atomic mass is 10.1. The lowest BCUT2D eigenvalue weighted by Crippen LogP contribution is -2.21. The van der Waals surface area contributed by atoms with Gasteiger partial charge in [0.2, 0.25) is 0 Å². The molecule has 2 nitrogen and oxygen atoms in total. The summed E-state index contributed by atoms with van der Waals surface area (Å²) in [5.74, 6) is 1.51. The first kappa shape index (κ1) is 12.9. The van der Waals surface area contributed by atoms with Crippen molar-refractivity contribution in [3.8, 4) is 0 Å². The maximum Gasteiger partial charge on any atom is 0.125 e. The molecule has 0 saturated heterocycles. The number of hydrogen-bond donors (Lipinski definition) is 1. The maximum atomic E-state index is 13.7. The average molecular weight is 262 g/mol. The van der Waals surface area contributed by atoms with Gasteiger partial charge in [-0.1, -0.05) is 6.92 Å². The van der Waals surface area contributed by atoms with E-state index in [-0.39, 0.29) is 5.82 Å². The lowest BCUT2D eigenvalue weighted by molar-refractivity contribution is 0.618. The molecule has 2 unspecified atom stereocenters. The highest BCUT2D eigenvalue weighted by Gasteiger charge is 2.33. The lowest BCUT2D eigenvalue weighted by Gasteiger charge is -2.20. The monoisotopic (exact) mass is 262 g/mol. The first-order valence-electron chi connectivity index (χ1n) is 7.36. The third-order valence-electron chi connectivity index (χ3n) is 4.34. The van der Waals surface area contributed by atoms with Gasteiger partial charge in [0, 0.05) is 31.9 Å². The Balaban J connectivity index is 1.64. The van der Waals surface area contributed by atoms with Gasteiger partial charge in [-0.3, -0.25) is 0 Å². The number of anilines is 1. The summed E-state index contributed by atoms with van der Waals surface area (Å²) in [6.07, 6.45) is 3.85. The maximum absolute atomic E-state index is 13.7. The highest BCUT2D eigenvalue weighted by Crippen LogP contribution is 2.38. The minimum atomic E-state index is -0.124. The van der Waals surface area contributed by atoms with Gasteiger partial charge >= 0.3 is 0 Å². The summed E-state index contributed by atoms with van der Waals surface area (Å²) in [5.41, 5.74) is 2.06. The predicted octanol–water partition coefficient (Wildman–Crippen LogP) is 3.17. The zero-order valence-corrected chi connectivity index (χ0v) is 11.8. The van der Waals surface area contributed by atoms with Crippen LogP contribution in [0.3, 0.4) is 0 Å². The summed E-state index contributed by atoms with van der Waals surface area (Å²) < 4.78 is 13.7. The van der Waals surface area contributed by atoms with Gasteiger partial charge in [0.25, 0.3) is 0 Å². The van der Waals surface area contributed by atoms with Gasteiger partial charge < -0.3 is 10.2 Å². The molecule has 0 bridgehead atoms. The number of hydrogen-bond acceptors (Lipinski definition) is 2. The van der Waals surface area contributed by atoms with Gasteiger partial charge in [0.05, 0.1) is 0 Å². The first-order chi connectivity index (χ1) is 9.11. The molecule has 1 N–H and O–H groups in total. The highest BCUT2D eigenvalue weighted by molar-refractivity contribution is 5.48. The van der Waals surface area contributed by atoms with Crippen LogP contribution in [0.2, 0.25) is 0 Å². The molecule has 104 valence electrons. The van der Waals surface area contributed by atoms with Crippen LogP contribution in [0.5, 0.6) is 0 Å². The number of rotatable bonds is 6. The number of nitrogens with zero attached hydrogens (tertiary/aromatic N) is 1. The van der Waals surface area contributed by atoms with Crippen molar-refractivity contribution in [2.45, 2.75) is 38.8 Å². The molecular formula is C16H23FN2. The zero-order chi connectivity index (χ0) is 13.4. The first-order valence-corrected chi connectivity index (χ1v) is 7.36. The van der Waals surface area contributed by atoms with E-state index >= 15 is 0 Å². The Morgan fingerprint density at radius 3 is 2.68 bits per heavy atom. The summed E-state index contributed by atoms with van der Waals surface area (Å²) in [6, 6.07) is 6.07. The van der Waals surface area contributed by atoms with Crippen molar-refractivity contribution in [2.24, 2.45) is 11.8 Å². The van der Waals surface area contributed by atoms with Crippen molar-refractivity contribution in [3.63, 3.8) is 0 Å². The summed E-state index contributed by atoms with van der Waals surface area (Å²) in [6.45, 7) is 4.11. The van der Waals surface area contributed by atoms with Crippen LogP contribution in [-0.2, 0) is 6.54 Å². The minimum Gasteiger partial charge on any atom is -0.374 e. The molecule has 2 saturated carbocycles. The van der Waals surface area contributed by atoms with E-state index in [1.807, 2.05) is 0 Å². The van der Waals surface area contributed by atoms with Gasteiger partial charge in [0.1, 0.15) is 5.82 Å². The molecule has 19 heavy (non-hydrogen) atoms. The SMILES string of the molecule is CC1CC1CN(C)c1cc(F)cc(CNC2CC2)c1. The fourth-order valence-corrected chi connectivity index (χ4v) is 2.62. The minimum absolute atomic E-state index is 0.124. The van der Waals surface area contributed by atoms with E-state index in [2.05, 4.69) is 30.3 Å². The fourth-order valence-electron chi connectivity index (χ4n) is 2.62. The normalized spacial score (nSPS) is 25.4. The van der Waals surface area contributed by atoms with Gasteiger partial charge in [0.15, 0.2) is 0 Å². The summed E-state index contributed by atoms with van der Waals surface area (Å²) in [4.78, 5) is 2.19. The topological polar surface area (TPSA) is 15.3 Å². The molecule has 2 aliphatic rings. The van der Waals surface area contributed by atoms with Crippen LogP contribution >= 0.6 is 0 Å². The van der Waals surface area contributed by atoms with Crippen LogP contribution in [0.4, 0.5) is 10.1 Å². The predicted molar refractivity (Wildman–Crippen MR) is 76.8 cm³/mol. The Kier molecular flexibility index (Phi) is 3.48. The number of benzene rings is 1. The molecule has 0 aromatic heterocycles. The second-order valence-corrected chi connectivity index (χ2v) is 6.33. The number of halogens is 1. The number of nitrogens with one attached hydrogen (secondary N) is 1. The standard InChI is InChI=1S/C16H23FN2/c1-11-5-13(11)10-19(2)16-7-12(6-14(17)8-16)9-18-15-3-4-15/h6-8,11,13,15,18H,3-5,9-10H2,1-2H3. The Hall–Kier alpha value is -1.09. The average Bonchev–Trinajstić information content (AvgIpc) is 3.26. The second-order valence-electron chi connectivity index (χ2n) is 6.33. The third-order valence-corrected chi connectivity index (χ3v) is 4.34. The summed E-state index contributed by atoms with van der Waals surface area (Å²) in [7, 11) is 2.07. The van der Waals surface area contributed by atoms with Gasteiger partial charge in [-0.2, -0.15) is 0 Å².